The molecule has 0 N–H and O–H groups in total. The summed E-state index contributed by atoms with van der Waals surface area (Å²) in [7, 11) is 0. The average molecular weight is 538 g/mol. The first-order chi connectivity index (χ1) is 20.8. The quantitative estimate of drug-likeness (QED) is 0.225. The molecule has 4 nitrogen and oxygen atoms in total. The fourth-order valence-electron chi connectivity index (χ4n) is 6.36. The lowest BCUT2D eigenvalue weighted by Crippen LogP contribution is -1.98. The van der Waals surface area contributed by atoms with E-state index in [0.717, 1.165) is 55.3 Å². The third-order valence-electron chi connectivity index (χ3n) is 8.19. The van der Waals surface area contributed by atoms with Crippen LogP contribution in [0.4, 0.5) is 0 Å². The zero-order chi connectivity index (χ0) is 27.6. The molecule has 0 atom stereocenters. The van der Waals surface area contributed by atoms with Crippen molar-refractivity contribution in [3.63, 3.8) is 0 Å². The lowest BCUT2D eigenvalue weighted by Gasteiger charge is -2.12. The number of hydrogen-bond donors (Lipinski definition) is 0. The first kappa shape index (κ1) is 23.0. The summed E-state index contributed by atoms with van der Waals surface area (Å²) in [5, 5.41) is 5.60. The molecule has 42 heavy (non-hydrogen) atoms. The second-order valence-electron chi connectivity index (χ2n) is 10.6. The molecule has 0 unspecified atom stereocenters. The highest BCUT2D eigenvalue weighted by Gasteiger charge is 2.19. The van der Waals surface area contributed by atoms with Crippen LogP contribution in [0.1, 0.15) is 0 Å². The van der Waals surface area contributed by atoms with E-state index in [0.29, 0.717) is 5.82 Å². The van der Waals surface area contributed by atoms with Crippen LogP contribution in [-0.2, 0) is 0 Å². The van der Waals surface area contributed by atoms with E-state index >= 15 is 0 Å². The molecule has 3 aromatic heterocycles. The maximum atomic E-state index is 6.24. The Morgan fingerprint density at radius 2 is 1.14 bits per heavy atom. The highest BCUT2D eigenvalue weighted by Crippen LogP contribution is 2.40. The summed E-state index contributed by atoms with van der Waals surface area (Å²) >= 11 is 0. The molecule has 0 aliphatic heterocycles. The van der Waals surface area contributed by atoms with Gasteiger partial charge in [-0.15, -0.1) is 0 Å². The number of fused-ring (bicyclic) bond motifs is 8. The molecule has 0 radical (unpaired) electrons. The minimum Gasteiger partial charge on any atom is -0.456 e. The fraction of sp³-hybridized carbons (Fsp3) is 0. The smallest absolute Gasteiger partial charge is 0.160 e. The van der Waals surface area contributed by atoms with Crippen molar-refractivity contribution >= 4 is 54.6 Å². The summed E-state index contributed by atoms with van der Waals surface area (Å²) in [5.41, 5.74) is 8.92. The summed E-state index contributed by atoms with van der Waals surface area (Å²) in [5.74, 6) is 0.691. The van der Waals surface area contributed by atoms with E-state index < -0.39 is 0 Å². The molecule has 196 valence electrons. The number of furan rings is 1. The molecule has 0 spiro atoms. The summed E-state index contributed by atoms with van der Waals surface area (Å²) in [6.45, 7) is 0. The minimum atomic E-state index is 0.691. The van der Waals surface area contributed by atoms with Gasteiger partial charge in [0, 0.05) is 43.7 Å². The van der Waals surface area contributed by atoms with Crippen LogP contribution in [0.3, 0.4) is 0 Å². The van der Waals surface area contributed by atoms with Gasteiger partial charge < -0.3 is 8.98 Å². The van der Waals surface area contributed by atoms with Gasteiger partial charge in [-0.2, -0.15) is 0 Å². The summed E-state index contributed by atoms with van der Waals surface area (Å²) in [4.78, 5) is 10.4. The van der Waals surface area contributed by atoms with Crippen LogP contribution in [-0.4, -0.2) is 14.5 Å². The van der Waals surface area contributed by atoms with Crippen molar-refractivity contribution in [2.24, 2.45) is 0 Å². The van der Waals surface area contributed by atoms with Gasteiger partial charge in [0.2, 0.25) is 0 Å². The van der Waals surface area contributed by atoms with Crippen LogP contribution in [0.5, 0.6) is 0 Å². The number of aromatic nitrogens is 3. The van der Waals surface area contributed by atoms with E-state index in [-0.39, 0.29) is 0 Å². The van der Waals surface area contributed by atoms with E-state index in [2.05, 4.69) is 114 Å². The summed E-state index contributed by atoms with van der Waals surface area (Å²) < 4.78 is 8.56. The average Bonchev–Trinajstić information content (AvgIpc) is 3.61. The lowest BCUT2D eigenvalue weighted by molar-refractivity contribution is 0.669. The van der Waals surface area contributed by atoms with Crippen LogP contribution in [0.25, 0.3) is 83.0 Å². The molecule has 6 aromatic carbocycles. The zero-order valence-electron chi connectivity index (χ0n) is 22.5. The molecule has 9 aromatic rings. The number of benzene rings is 6. The van der Waals surface area contributed by atoms with Crippen molar-refractivity contribution in [2.45, 2.75) is 0 Å². The van der Waals surface area contributed by atoms with Gasteiger partial charge in [-0.25, -0.2) is 9.97 Å². The Kier molecular flexibility index (Phi) is 4.87. The van der Waals surface area contributed by atoms with Gasteiger partial charge in [0.25, 0.3) is 0 Å². The molecule has 0 aliphatic rings. The van der Waals surface area contributed by atoms with Crippen LogP contribution in [0.15, 0.2) is 144 Å². The number of rotatable bonds is 3. The van der Waals surface area contributed by atoms with Gasteiger partial charge >= 0.3 is 0 Å². The summed E-state index contributed by atoms with van der Waals surface area (Å²) in [6.07, 6.45) is 0. The number of nitrogens with zero attached hydrogens (tertiary/aromatic N) is 3. The molecule has 0 saturated carbocycles. The van der Waals surface area contributed by atoms with E-state index in [1.165, 1.54) is 21.8 Å². The second kappa shape index (κ2) is 8.88. The zero-order valence-corrected chi connectivity index (χ0v) is 22.5. The van der Waals surface area contributed by atoms with Crippen LogP contribution >= 0.6 is 0 Å². The van der Waals surface area contributed by atoms with E-state index in [1.54, 1.807) is 0 Å². The van der Waals surface area contributed by atoms with Gasteiger partial charge in [0.05, 0.1) is 22.2 Å². The molecule has 0 bridgehead atoms. The van der Waals surface area contributed by atoms with Crippen molar-refractivity contribution < 1.29 is 4.42 Å². The van der Waals surface area contributed by atoms with Crippen molar-refractivity contribution in [1.82, 2.24) is 14.5 Å². The third kappa shape index (κ3) is 3.36. The van der Waals surface area contributed by atoms with Crippen molar-refractivity contribution in [1.29, 1.82) is 0 Å². The molecule has 9 rings (SSSR count). The Morgan fingerprint density at radius 3 is 1.93 bits per heavy atom. The third-order valence-corrected chi connectivity index (χ3v) is 8.19. The highest BCUT2D eigenvalue weighted by atomic mass is 16.3. The Labute approximate surface area is 241 Å². The summed E-state index contributed by atoms with van der Waals surface area (Å²) in [6, 6.07) is 48.3. The molecular formula is C38H23N3O. The van der Waals surface area contributed by atoms with E-state index in [9.17, 15) is 0 Å². The Balaban J connectivity index is 1.32. The van der Waals surface area contributed by atoms with Crippen molar-refractivity contribution in [3.05, 3.63) is 140 Å². The largest absolute Gasteiger partial charge is 0.456 e. The van der Waals surface area contributed by atoms with Crippen molar-refractivity contribution in [3.8, 4) is 28.3 Å². The molecule has 0 amide bonds. The topological polar surface area (TPSA) is 43.9 Å². The number of hydrogen-bond acceptors (Lipinski definition) is 3. The maximum Gasteiger partial charge on any atom is 0.160 e. The van der Waals surface area contributed by atoms with Crippen molar-refractivity contribution in [2.75, 3.05) is 0 Å². The molecular weight excluding hydrogens is 514 g/mol. The van der Waals surface area contributed by atoms with Crippen LogP contribution < -0.4 is 0 Å². The first-order valence-electron chi connectivity index (χ1n) is 14.1. The van der Waals surface area contributed by atoms with E-state index in [4.69, 9.17) is 14.4 Å². The molecule has 4 heteroatoms. The maximum absolute atomic E-state index is 6.24. The predicted octanol–water partition coefficient (Wildman–Crippen LogP) is 9.96. The van der Waals surface area contributed by atoms with Gasteiger partial charge in [-0.3, -0.25) is 0 Å². The van der Waals surface area contributed by atoms with Crippen LogP contribution in [0.2, 0.25) is 0 Å². The van der Waals surface area contributed by atoms with Gasteiger partial charge in [0.1, 0.15) is 11.2 Å². The Bertz CT molecular complexity index is 2420. The minimum absolute atomic E-state index is 0.691. The fourth-order valence-corrected chi connectivity index (χ4v) is 6.36. The molecule has 0 aliphatic carbocycles. The lowest BCUT2D eigenvalue weighted by atomic mass is 10.0. The van der Waals surface area contributed by atoms with Gasteiger partial charge in [-0.1, -0.05) is 97.1 Å². The van der Waals surface area contributed by atoms with Crippen LogP contribution in [0, 0.1) is 0 Å². The number of para-hydroxylation sites is 3. The predicted molar refractivity (Wildman–Crippen MR) is 172 cm³/mol. The SMILES string of the molecule is c1ccc(-c2nc(-c3cccc(-n4c5ccccc5c5ccccc54)c3)nc3ccc4oc5ccccc5c4c23)cc1. The van der Waals surface area contributed by atoms with E-state index in [1.807, 2.05) is 30.3 Å². The standard InChI is InChI=1S/C38H23N3O/c1-2-11-24(12-3-1)37-36-30(21-22-34-35(36)29-17-6-9-20-33(29)42-34)39-38(40-37)25-13-10-14-26(23-25)41-31-18-7-4-15-27(31)28-16-5-8-19-32(28)41/h1-23H. The molecule has 0 saturated heterocycles. The second-order valence-corrected chi connectivity index (χ2v) is 10.6. The normalized spacial score (nSPS) is 11.8. The van der Waals surface area contributed by atoms with Gasteiger partial charge in [-0.05, 0) is 42.5 Å². The highest BCUT2D eigenvalue weighted by molar-refractivity contribution is 6.21. The molecule has 3 heterocycles. The monoisotopic (exact) mass is 537 g/mol. The first-order valence-corrected chi connectivity index (χ1v) is 14.1. The molecule has 0 fully saturated rings. The van der Waals surface area contributed by atoms with Gasteiger partial charge in [0.15, 0.2) is 5.82 Å². The Hall–Kier alpha value is -5.74. The Morgan fingerprint density at radius 1 is 0.476 bits per heavy atom.